The van der Waals surface area contributed by atoms with Gasteiger partial charge in [0.2, 0.25) is 0 Å². The molecule has 0 aromatic heterocycles. The molecule has 0 aliphatic heterocycles. The maximum Gasteiger partial charge on any atom is 2.00 e. The molecule has 6 nitrogen and oxygen atoms in total. The van der Waals surface area contributed by atoms with Gasteiger partial charge in [0.25, 0.3) is 0 Å². The maximum absolute atomic E-state index is 9.29. The van der Waals surface area contributed by atoms with Gasteiger partial charge in [-0.3, -0.25) is 4.31 Å². The molecule has 2 atom stereocenters. The molecule has 0 fully saturated rings. The van der Waals surface area contributed by atoms with E-state index in [0.717, 1.165) is 0 Å². The molecule has 12 heavy (non-hydrogen) atoms. The van der Waals surface area contributed by atoms with Crippen LogP contribution < -0.4 is 9.79 Å². The minimum atomic E-state index is -3.51. The summed E-state index contributed by atoms with van der Waals surface area (Å²) < 4.78 is 21.8. The van der Waals surface area contributed by atoms with Crippen LogP contribution in [0.25, 0.3) is 0 Å². The summed E-state index contributed by atoms with van der Waals surface area (Å²) in [6.45, 7) is 0.0849. The fraction of sp³-hybridized carbons (Fsp3) is 1.00. The van der Waals surface area contributed by atoms with Crippen molar-refractivity contribution < 1.29 is 49.4 Å². The third-order valence-corrected chi connectivity index (χ3v) is 1.75. The normalized spacial score (nSPS) is 13.3. The number of aliphatic hydroxyl groups excluding tert-OH is 1. The molecule has 0 aliphatic carbocycles. The summed E-state index contributed by atoms with van der Waals surface area (Å²) in [5, 5.41) is 7.74. The Balaban J connectivity index is -0.000000142. The first-order chi connectivity index (χ1) is 5.04. The molecular formula is C2H7ClO6P2Pt. The minimum Gasteiger partial charge on any atom is -0.781 e. The van der Waals surface area contributed by atoms with Crippen LogP contribution in [0.3, 0.4) is 0 Å². The molecule has 0 saturated carbocycles. The molecule has 0 aromatic carbocycles. The first kappa shape index (κ1) is 18.9. The summed E-state index contributed by atoms with van der Waals surface area (Å²) in [7, 11) is -7.03. The molecule has 0 aromatic rings. The van der Waals surface area contributed by atoms with Crippen molar-refractivity contribution in [2.24, 2.45) is 0 Å². The topological polar surface area (TPSA) is 110 Å². The molecule has 0 heterocycles. The van der Waals surface area contributed by atoms with E-state index in [1.165, 1.54) is 0 Å². The average Bonchev–Trinajstić information content (AvgIpc) is 1.85. The summed E-state index contributed by atoms with van der Waals surface area (Å²) in [6, 6.07) is 0. The summed E-state index contributed by atoms with van der Waals surface area (Å²) in [6.07, 6.45) is 0. The van der Waals surface area contributed by atoms with Gasteiger partial charge in [-0.25, -0.2) is 0 Å². The zero-order valence-electron chi connectivity index (χ0n) is 5.60. The number of rotatable bonds is 3. The van der Waals surface area contributed by atoms with E-state index in [4.69, 9.17) is 16.7 Å². The van der Waals surface area contributed by atoms with Crippen molar-refractivity contribution in [3.05, 3.63) is 0 Å². The summed E-state index contributed by atoms with van der Waals surface area (Å²) in [5.41, 5.74) is 0. The number of hydrogen-bond acceptors (Lipinski definition) is 6. The van der Waals surface area contributed by atoms with Crippen molar-refractivity contribution in [1.29, 1.82) is 0 Å². The number of alkyl halides is 1. The predicted octanol–water partition coefficient (Wildman–Crippen LogP) is -1.28. The third-order valence-electron chi connectivity index (χ3n) is 0.251. The smallest absolute Gasteiger partial charge is 0.781 e. The van der Waals surface area contributed by atoms with Gasteiger partial charge in [-0.15, -0.1) is 11.6 Å². The molecular weight excluding hydrogens is 412 g/mol. The fourth-order valence-electron chi connectivity index (χ4n) is 0.0680. The van der Waals surface area contributed by atoms with E-state index in [-0.39, 0.29) is 27.7 Å². The van der Waals surface area contributed by atoms with E-state index in [0.29, 0.717) is 5.88 Å². The average molecular weight is 420 g/mol. The van der Waals surface area contributed by atoms with E-state index >= 15 is 0 Å². The monoisotopic (exact) mass is 419 g/mol. The van der Waals surface area contributed by atoms with Crippen LogP contribution in [0, 0.1) is 0 Å². The minimum absolute atomic E-state index is 0. The largest absolute Gasteiger partial charge is 2.00 e. The van der Waals surface area contributed by atoms with E-state index in [2.05, 4.69) is 4.31 Å². The first-order valence-corrected chi connectivity index (χ1v) is 5.29. The Morgan fingerprint density at radius 2 is 1.58 bits per heavy atom. The predicted molar refractivity (Wildman–Crippen MR) is 36.9 cm³/mol. The Morgan fingerprint density at radius 3 is 1.58 bits per heavy atom. The van der Waals surface area contributed by atoms with Gasteiger partial charge in [0.15, 0.2) is 0 Å². The second-order valence-corrected chi connectivity index (χ2v) is 3.21. The Bertz CT molecular complexity index is 119. The van der Waals surface area contributed by atoms with Gasteiger partial charge in [-0.05, 0) is 0 Å². The first-order valence-electron chi connectivity index (χ1n) is 2.31. The molecule has 2 unspecified atom stereocenters. The van der Waals surface area contributed by atoms with Gasteiger partial charge >= 0.3 is 21.1 Å². The van der Waals surface area contributed by atoms with Crippen LogP contribution in [0.1, 0.15) is 0 Å². The van der Waals surface area contributed by atoms with Gasteiger partial charge in [-0.1, -0.05) is 0 Å². The Morgan fingerprint density at radius 1 is 1.33 bits per heavy atom. The summed E-state index contributed by atoms with van der Waals surface area (Å²) in [4.78, 5) is 18.6. The number of halogens is 1. The zero-order valence-corrected chi connectivity index (χ0v) is 10.6. The SMILES string of the molecule is O=[PH]([O-])O[PH](=O)[O-].OCCCl.[Pt+2]. The van der Waals surface area contributed by atoms with Crippen LogP contribution in [0.4, 0.5) is 0 Å². The number of hydrogen-bond donors (Lipinski definition) is 1. The van der Waals surface area contributed by atoms with Gasteiger partial charge in [0.1, 0.15) is 16.5 Å². The van der Waals surface area contributed by atoms with E-state index in [1.54, 1.807) is 0 Å². The fourth-order valence-corrected chi connectivity index (χ4v) is 0.612. The van der Waals surface area contributed by atoms with Gasteiger partial charge in [0.05, 0.1) is 6.61 Å². The van der Waals surface area contributed by atoms with Crippen LogP contribution in [-0.2, 0) is 34.5 Å². The summed E-state index contributed by atoms with van der Waals surface area (Å²) >= 11 is 4.94. The van der Waals surface area contributed by atoms with Gasteiger partial charge in [0, 0.05) is 5.88 Å². The van der Waals surface area contributed by atoms with Crippen molar-refractivity contribution in [3.63, 3.8) is 0 Å². The molecule has 0 amide bonds. The van der Waals surface area contributed by atoms with Crippen molar-refractivity contribution in [3.8, 4) is 0 Å². The quantitative estimate of drug-likeness (QED) is 0.451. The van der Waals surface area contributed by atoms with Crippen molar-refractivity contribution in [1.82, 2.24) is 0 Å². The van der Waals surface area contributed by atoms with E-state index in [1.807, 2.05) is 0 Å². The molecule has 0 bridgehead atoms. The molecule has 0 aliphatic rings. The number of aliphatic hydroxyl groups is 1. The van der Waals surface area contributed by atoms with Crippen LogP contribution in [0.2, 0.25) is 0 Å². The molecule has 10 heteroatoms. The second-order valence-electron chi connectivity index (χ2n) is 1.01. The van der Waals surface area contributed by atoms with Crippen molar-refractivity contribution >= 4 is 28.1 Å². The Labute approximate surface area is 90.1 Å². The Hall–Kier alpha value is 1.28. The van der Waals surface area contributed by atoms with E-state index in [9.17, 15) is 18.9 Å². The van der Waals surface area contributed by atoms with Crippen molar-refractivity contribution in [2.75, 3.05) is 12.5 Å². The molecule has 0 radical (unpaired) electrons. The maximum atomic E-state index is 9.29. The van der Waals surface area contributed by atoms with Crippen molar-refractivity contribution in [2.45, 2.75) is 0 Å². The molecule has 0 rings (SSSR count). The molecule has 0 spiro atoms. The van der Waals surface area contributed by atoms with Crippen LogP contribution in [-0.4, -0.2) is 17.6 Å². The second kappa shape index (κ2) is 14.8. The van der Waals surface area contributed by atoms with Crippen LogP contribution in [0.15, 0.2) is 0 Å². The van der Waals surface area contributed by atoms with Gasteiger partial charge in [-0.2, -0.15) is 0 Å². The molecule has 78 valence electrons. The summed E-state index contributed by atoms with van der Waals surface area (Å²) in [5.74, 6) is 0.347. The third kappa shape index (κ3) is 30.2. The van der Waals surface area contributed by atoms with Crippen LogP contribution in [0.5, 0.6) is 0 Å². The molecule has 1 N–H and O–H groups in total. The Kier molecular flexibility index (Phi) is 23.3. The zero-order chi connectivity index (χ0) is 9.28. The molecule has 0 saturated heterocycles. The standard InChI is InChI=1S/C2H5ClO.H4O5P2.Pt/c3-1-2-4;1-6(2)5-7(3)4;/h4H,1-2H2;6-7H,(H,1,2)(H,3,4);/q;;+2/p-2. The van der Waals surface area contributed by atoms with E-state index < -0.39 is 16.5 Å². The van der Waals surface area contributed by atoms with Gasteiger partial charge < -0.3 is 24.0 Å². The van der Waals surface area contributed by atoms with Crippen LogP contribution >= 0.6 is 28.1 Å².